The van der Waals surface area contributed by atoms with Crippen LogP contribution in [0.2, 0.25) is 0 Å². The van der Waals surface area contributed by atoms with E-state index < -0.39 is 0 Å². The number of carbonyl (C=O) groups is 2. The second-order valence-corrected chi connectivity index (χ2v) is 13.8. The molecule has 0 unspecified atom stereocenters. The van der Waals surface area contributed by atoms with E-state index in [2.05, 4.69) is 26.0 Å². The SMILES string of the molecule is COc1cc(OC)cc(-c2cnc(-c3ccc4c(n3)CCCC4=O)s2)c1.N#Cc1cccc(-c2cnc(-c3ccc4c(n3)CCCC4=O)s2)c1. The van der Waals surface area contributed by atoms with Crippen LogP contribution in [0.15, 0.2) is 79.1 Å². The predicted octanol–water partition coefficient (Wildman–Crippen LogP) is 8.67. The number of Topliss-reactive ketones (excluding diaryl/α,β-unsaturated/α-hetero) is 2. The van der Waals surface area contributed by atoms with E-state index in [1.54, 1.807) is 43.0 Å². The maximum atomic E-state index is 12.0. The number of thiazole rings is 2. The molecule has 4 heterocycles. The van der Waals surface area contributed by atoms with E-state index >= 15 is 0 Å². The summed E-state index contributed by atoms with van der Waals surface area (Å²) in [5, 5.41) is 10.7. The molecule has 0 amide bonds. The van der Waals surface area contributed by atoms with Gasteiger partial charge in [-0.15, -0.1) is 22.7 Å². The van der Waals surface area contributed by atoms with Crippen molar-refractivity contribution in [3.05, 3.63) is 107 Å². The number of benzene rings is 2. The molecule has 8 rings (SSSR count). The Morgan fingerprint density at radius 1 is 0.660 bits per heavy atom. The smallest absolute Gasteiger partial charge is 0.164 e. The second kappa shape index (κ2) is 14.5. The fraction of sp³-hybridized carbons (Fsp3) is 0.205. The molecule has 0 atom stereocenters. The van der Waals surface area contributed by atoms with E-state index in [9.17, 15) is 9.59 Å². The lowest BCUT2D eigenvalue weighted by Gasteiger charge is -2.13. The zero-order valence-corrected chi connectivity index (χ0v) is 29.1. The van der Waals surface area contributed by atoms with E-state index in [-0.39, 0.29) is 11.6 Å². The fourth-order valence-electron chi connectivity index (χ4n) is 5.98. The summed E-state index contributed by atoms with van der Waals surface area (Å²) < 4.78 is 10.7. The van der Waals surface area contributed by atoms with Crippen molar-refractivity contribution in [2.75, 3.05) is 14.2 Å². The number of pyridine rings is 2. The van der Waals surface area contributed by atoms with E-state index in [4.69, 9.17) is 14.7 Å². The van der Waals surface area contributed by atoms with Gasteiger partial charge in [-0.2, -0.15) is 5.26 Å². The first-order valence-electron chi connectivity index (χ1n) is 16.1. The van der Waals surface area contributed by atoms with Crippen molar-refractivity contribution < 1.29 is 19.1 Å². The number of hydrogen-bond acceptors (Lipinski definition) is 11. The predicted molar refractivity (Wildman–Crippen MR) is 194 cm³/mol. The number of carbonyl (C=O) groups excluding carboxylic acids is 2. The van der Waals surface area contributed by atoms with Crippen molar-refractivity contribution in [3.63, 3.8) is 0 Å². The van der Waals surface area contributed by atoms with Gasteiger partial charge in [0.1, 0.15) is 21.5 Å². The highest BCUT2D eigenvalue weighted by Gasteiger charge is 2.21. The number of rotatable bonds is 6. The van der Waals surface area contributed by atoms with Crippen LogP contribution < -0.4 is 9.47 Å². The number of aryl methyl sites for hydroxylation is 2. The van der Waals surface area contributed by atoms with Gasteiger partial charge >= 0.3 is 0 Å². The molecule has 0 aliphatic heterocycles. The number of aromatic nitrogens is 4. The van der Waals surface area contributed by atoms with Crippen LogP contribution in [0.1, 0.15) is 63.4 Å². The number of ether oxygens (including phenoxy) is 2. The van der Waals surface area contributed by atoms with Gasteiger partial charge in [-0.25, -0.2) is 19.9 Å². The first-order valence-corrected chi connectivity index (χ1v) is 17.8. The molecule has 248 valence electrons. The lowest BCUT2D eigenvalue weighted by Crippen LogP contribution is -2.12. The molecule has 9 nitrogen and oxygen atoms in total. The number of nitrogens with zero attached hydrogens (tertiary/aromatic N) is 5. The van der Waals surface area contributed by atoms with E-state index in [0.717, 1.165) is 102 Å². The van der Waals surface area contributed by atoms with Gasteiger partial charge in [0.15, 0.2) is 11.6 Å². The third-order valence-electron chi connectivity index (χ3n) is 8.55. The Labute approximate surface area is 297 Å². The second-order valence-electron chi connectivity index (χ2n) is 11.8. The van der Waals surface area contributed by atoms with Crippen LogP contribution >= 0.6 is 22.7 Å². The Kier molecular flexibility index (Phi) is 9.56. The molecule has 0 radical (unpaired) electrons. The summed E-state index contributed by atoms with van der Waals surface area (Å²) in [6, 6.07) is 22.9. The Hall–Kier alpha value is -5.57. The molecule has 2 aliphatic rings. The number of methoxy groups -OCH3 is 2. The van der Waals surface area contributed by atoms with Crippen molar-refractivity contribution in [2.45, 2.75) is 38.5 Å². The number of nitriles is 1. The highest BCUT2D eigenvalue weighted by molar-refractivity contribution is 7.18. The van der Waals surface area contributed by atoms with Crippen LogP contribution in [0.4, 0.5) is 0 Å². The number of hydrogen-bond donors (Lipinski definition) is 0. The molecule has 0 saturated carbocycles. The molecule has 0 spiro atoms. The minimum Gasteiger partial charge on any atom is -0.497 e. The lowest BCUT2D eigenvalue weighted by molar-refractivity contribution is 0.0963. The molecule has 6 aromatic rings. The highest BCUT2D eigenvalue weighted by atomic mass is 32.1. The third kappa shape index (κ3) is 6.94. The van der Waals surface area contributed by atoms with Crippen LogP contribution in [-0.4, -0.2) is 45.7 Å². The summed E-state index contributed by atoms with van der Waals surface area (Å²) in [6.45, 7) is 0. The standard InChI is InChI=1S/C20H18N2O3S.C19H13N3OS/c1-24-13-8-12(9-14(10-13)25-2)19-11-21-20(26-19)17-7-6-15-16(22-17)4-3-5-18(15)23;20-10-12-3-1-4-13(9-12)18-11-21-19(24-18)16-8-7-14-15(22-16)5-2-6-17(14)23/h6-11H,3-5H2,1-2H3;1,3-4,7-9,11H,2,5-6H2. The van der Waals surface area contributed by atoms with Crippen LogP contribution in [0.5, 0.6) is 11.5 Å². The van der Waals surface area contributed by atoms with Gasteiger partial charge in [0.25, 0.3) is 0 Å². The highest BCUT2D eigenvalue weighted by Crippen LogP contribution is 2.36. The Balaban J connectivity index is 0.000000157. The van der Waals surface area contributed by atoms with Crippen molar-refractivity contribution >= 4 is 34.2 Å². The molecule has 50 heavy (non-hydrogen) atoms. The maximum Gasteiger partial charge on any atom is 0.164 e. The zero-order chi connectivity index (χ0) is 34.6. The van der Waals surface area contributed by atoms with Crippen LogP contribution in [-0.2, 0) is 12.8 Å². The molecular weight excluding hydrogens is 667 g/mol. The Bertz CT molecular complexity index is 2260. The van der Waals surface area contributed by atoms with Gasteiger partial charge in [0.2, 0.25) is 0 Å². The minimum absolute atomic E-state index is 0.184. The molecule has 2 aromatic carbocycles. The third-order valence-corrected chi connectivity index (χ3v) is 10.7. The van der Waals surface area contributed by atoms with Gasteiger partial charge < -0.3 is 9.47 Å². The largest absolute Gasteiger partial charge is 0.497 e. The van der Waals surface area contributed by atoms with E-state index in [0.29, 0.717) is 18.4 Å². The zero-order valence-electron chi connectivity index (χ0n) is 27.4. The van der Waals surface area contributed by atoms with Crippen LogP contribution in [0.25, 0.3) is 42.3 Å². The minimum atomic E-state index is 0.184. The lowest BCUT2D eigenvalue weighted by atomic mass is 9.94. The molecular formula is C39H31N5O4S2. The summed E-state index contributed by atoms with van der Waals surface area (Å²) in [7, 11) is 3.27. The van der Waals surface area contributed by atoms with E-state index in [1.165, 1.54) is 0 Å². The molecule has 0 saturated heterocycles. The summed E-state index contributed by atoms with van der Waals surface area (Å²) in [5.74, 6) is 1.84. The summed E-state index contributed by atoms with van der Waals surface area (Å²) in [5.41, 5.74) is 7.49. The van der Waals surface area contributed by atoms with Gasteiger partial charge in [-0.1, -0.05) is 12.1 Å². The monoisotopic (exact) mass is 697 g/mol. The first-order chi connectivity index (χ1) is 24.4. The van der Waals surface area contributed by atoms with Gasteiger partial charge in [-0.05, 0) is 79.8 Å². The van der Waals surface area contributed by atoms with Crippen molar-refractivity contribution in [1.29, 1.82) is 5.26 Å². The van der Waals surface area contributed by atoms with E-state index in [1.807, 2.05) is 73.1 Å². The summed E-state index contributed by atoms with van der Waals surface area (Å²) >= 11 is 3.10. The molecule has 2 aliphatic carbocycles. The fourth-order valence-corrected chi connectivity index (χ4v) is 7.73. The van der Waals surface area contributed by atoms with Gasteiger partial charge in [0, 0.05) is 48.0 Å². The van der Waals surface area contributed by atoms with Crippen molar-refractivity contribution in [2.24, 2.45) is 0 Å². The summed E-state index contributed by atoms with van der Waals surface area (Å²) in [6.07, 6.45) is 8.31. The Morgan fingerprint density at radius 2 is 1.20 bits per heavy atom. The summed E-state index contributed by atoms with van der Waals surface area (Å²) in [4.78, 5) is 44.2. The number of ketones is 2. The molecule has 0 bridgehead atoms. The topological polar surface area (TPSA) is 128 Å². The van der Waals surface area contributed by atoms with Gasteiger partial charge in [-0.3, -0.25) is 9.59 Å². The average molecular weight is 698 g/mol. The Morgan fingerprint density at radius 3 is 1.72 bits per heavy atom. The average Bonchev–Trinajstić information content (AvgIpc) is 3.87. The first kappa shape index (κ1) is 33.0. The quantitative estimate of drug-likeness (QED) is 0.168. The van der Waals surface area contributed by atoms with Crippen molar-refractivity contribution in [3.8, 4) is 59.9 Å². The molecule has 0 fully saturated rings. The molecule has 11 heteroatoms. The number of fused-ring (bicyclic) bond motifs is 2. The van der Waals surface area contributed by atoms with Crippen LogP contribution in [0.3, 0.4) is 0 Å². The molecule has 4 aromatic heterocycles. The van der Waals surface area contributed by atoms with Gasteiger partial charge in [0.05, 0.1) is 58.4 Å². The van der Waals surface area contributed by atoms with Crippen LogP contribution in [0, 0.1) is 11.3 Å². The normalized spacial score (nSPS) is 13.4. The maximum absolute atomic E-state index is 12.0. The molecule has 0 N–H and O–H groups in total. The van der Waals surface area contributed by atoms with Crippen molar-refractivity contribution in [1.82, 2.24) is 19.9 Å².